The highest BCUT2D eigenvalue weighted by Gasteiger charge is 2.16. The molecule has 2 N–H and O–H groups in total. The van der Waals surface area contributed by atoms with Gasteiger partial charge in [-0.2, -0.15) is 0 Å². The van der Waals surface area contributed by atoms with Crippen LogP contribution >= 0.6 is 0 Å². The molecule has 0 spiro atoms. The largest absolute Gasteiger partial charge is 0.496 e. The lowest BCUT2D eigenvalue weighted by atomic mass is 10.00. The summed E-state index contributed by atoms with van der Waals surface area (Å²) >= 11 is 0. The number of H-pyrrole nitrogens is 1. The molecule has 6 heteroatoms. The third-order valence-electron chi connectivity index (χ3n) is 4.45. The van der Waals surface area contributed by atoms with Gasteiger partial charge in [-0.25, -0.2) is 4.79 Å². The summed E-state index contributed by atoms with van der Waals surface area (Å²) in [6.45, 7) is 0.306. The minimum Gasteiger partial charge on any atom is -0.496 e. The van der Waals surface area contributed by atoms with Gasteiger partial charge in [0, 0.05) is 25.1 Å². The number of methoxy groups -OCH3 is 1. The zero-order valence-corrected chi connectivity index (χ0v) is 14.7. The number of aromatic nitrogens is 2. The average Bonchev–Trinajstić information content (AvgIpc) is 2.65. The van der Waals surface area contributed by atoms with Crippen LogP contribution in [0.5, 0.6) is 5.75 Å². The lowest BCUT2D eigenvalue weighted by Gasteiger charge is -2.13. The standard InChI is InChI=1S/C20H22N2O4/c1-26-17-10-9-16-18(15(17)13-14-7-3-2-4-8-14)19(24)22(20(25)21-16)11-5-6-12-23/h2-4,7-10,23H,5-6,11-13H2,1H3,(H,21,25). The molecule has 26 heavy (non-hydrogen) atoms. The summed E-state index contributed by atoms with van der Waals surface area (Å²) in [5.41, 5.74) is 1.55. The van der Waals surface area contributed by atoms with Crippen molar-refractivity contribution in [3.63, 3.8) is 0 Å². The van der Waals surface area contributed by atoms with Crippen LogP contribution in [0.25, 0.3) is 10.9 Å². The normalized spacial score (nSPS) is 11.0. The second-order valence-corrected chi connectivity index (χ2v) is 6.15. The first-order valence-corrected chi connectivity index (χ1v) is 8.63. The van der Waals surface area contributed by atoms with Crippen LogP contribution in [0.15, 0.2) is 52.1 Å². The number of aromatic amines is 1. The highest BCUT2D eigenvalue weighted by atomic mass is 16.5. The molecule has 136 valence electrons. The lowest BCUT2D eigenvalue weighted by Crippen LogP contribution is -2.35. The fraction of sp³-hybridized carbons (Fsp3) is 0.300. The summed E-state index contributed by atoms with van der Waals surface area (Å²) in [7, 11) is 1.57. The van der Waals surface area contributed by atoms with Gasteiger partial charge in [-0.05, 0) is 30.5 Å². The number of unbranched alkanes of at least 4 members (excludes halogenated alkanes) is 1. The van der Waals surface area contributed by atoms with Crippen molar-refractivity contribution in [2.24, 2.45) is 0 Å². The maximum absolute atomic E-state index is 13.0. The molecule has 0 aliphatic carbocycles. The second-order valence-electron chi connectivity index (χ2n) is 6.15. The average molecular weight is 354 g/mol. The quantitative estimate of drug-likeness (QED) is 0.636. The molecule has 0 amide bonds. The van der Waals surface area contributed by atoms with Crippen LogP contribution in [-0.2, 0) is 13.0 Å². The number of aliphatic hydroxyl groups excluding tert-OH is 1. The maximum atomic E-state index is 13.0. The van der Waals surface area contributed by atoms with Gasteiger partial charge in [0.25, 0.3) is 5.56 Å². The highest BCUT2D eigenvalue weighted by molar-refractivity contribution is 5.84. The van der Waals surface area contributed by atoms with Gasteiger partial charge >= 0.3 is 5.69 Å². The minimum absolute atomic E-state index is 0.0350. The molecule has 0 fully saturated rings. The molecule has 6 nitrogen and oxygen atoms in total. The van der Waals surface area contributed by atoms with Gasteiger partial charge in [0.1, 0.15) is 5.75 Å². The molecule has 3 rings (SSSR count). The Labute approximate surface area is 150 Å². The number of rotatable bonds is 7. The Balaban J connectivity index is 2.19. The molecule has 2 aromatic carbocycles. The molecule has 0 saturated carbocycles. The van der Waals surface area contributed by atoms with Gasteiger partial charge in [0.2, 0.25) is 0 Å². The molecule has 0 radical (unpaired) electrons. The van der Waals surface area contributed by atoms with Gasteiger partial charge in [-0.15, -0.1) is 0 Å². The Morgan fingerprint density at radius 3 is 2.54 bits per heavy atom. The van der Waals surface area contributed by atoms with E-state index in [1.165, 1.54) is 4.57 Å². The smallest absolute Gasteiger partial charge is 0.328 e. The van der Waals surface area contributed by atoms with E-state index < -0.39 is 5.69 Å². The van der Waals surface area contributed by atoms with E-state index in [0.717, 1.165) is 11.1 Å². The van der Waals surface area contributed by atoms with Crippen LogP contribution in [0.3, 0.4) is 0 Å². The number of benzene rings is 2. The topological polar surface area (TPSA) is 84.3 Å². The first-order valence-electron chi connectivity index (χ1n) is 8.63. The molecule has 3 aromatic rings. The van der Waals surface area contributed by atoms with Crippen molar-refractivity contribution in [1.29, 1.82) is 0 Å². The van der Waals surface area contributed by atoms with Gasteiger partial charge in [-0.3, -0.25) is 9.36 Å². The van der Waals surface area contributed by atoms with Crippen molar-refractivity contribution in [3.05, 3.63) is 74.4 Å². The van der Waals surface area contributed by atoms with E-state index in [9.17, 15) is 9.59 Å². The number of hydrogen-bond donors (Lipinski definition) is 2. The van der Waals surface area contributed by atoms with E-state index in [1.807, 2.05) is 30.3 Å². The third-order valence-corrected chi connectivity index (χ3v) is 4.45. The second kappa shape index (κ2) is 8.01. The van der Waals surface area contributed by atoms with Crippen molar-refractivity contribution < 1.29 is 9.84 Å². The molecular weight excluding hydrogens is 332 g/mol. The van der Waals surface area contributed by atoms with Crippen molar-refractivity contribution in [1.82, 2.24) is 9.55 Å². The maximum Gasteiger partial charge on any atom is 0.328 e. The van der Waals surface area contributed by atoms with Crippen LogP contribution in [0.4, 0.5) is 0 Å². The molecule has 1 heterocycles. The molecule has 0 aliphatic rings. The third kappa shape index (κ3) is 3.55. The monoisotopic (exact) mass is 354 g/mol. The SMILES string of the molecule is COc1ccc2[nH]c(=O)n(CCCCO)c(=O)c2c1Cc1ccccc1. The van der Waals surface area contributed by atoms with Crippen molar-refractivity contribution in [2.75, 3.05) is 13.7 Å². The molecule has 1 aromatic heterocycles. The Kier molecular flexibility index (Phi) is 5.53. The Hall–Kier alpha value is -2.86. The summed E-state index contributed by atoms with van der Waals surface area (Å²) in [6, 6.07) is 13.3. The van der Waals surface area contributed by atoms with E-state index in [4.69, 9.17) is 9.84 Å². The van der Waals surface area contributed by atoms with Crippen LogP contribution in [0.2, 0.25) is 0 Å². The number of aliphatic hydroxyl groups is 1. The van der Waals surface area contributed by atoms with E-state index in [2.05, 4.69) is 4.98 Å². The van der Waals surface area contributed by atoms with E-state index in [1.54, 1.807) is 19.2 Å². The molecule has 0 atom stereocenters. The van der Waals surface area contributed by atoms with E-state index in [0.29, 0.717) is 35.9 Å². The zero-order valence-electron chi connectivity index (χ0n) is 14.7. The predicted molar refractivity (Wildman–Crippen MR) is 101 cm³/mol. The molecule has 0 bridgehead atoms. The summed E-state index contributed by atoms with van der Waals surface area (Å²) in [5.74, 6) is 0.618. The van der Waals surface area contributed by atoms with Crippen molar-refractivity contribution in [2.45, 2.75) is 25.8 Å². The van der Waals surface area contributed by atoms with E-state index in [-0.39, 0.29) is 18.7 Å². The number of nitrogens with zero attached hydrogens (tertiary/aromatic N) is 1. The summed E-state index contributed by atoms with van der Waals surface area (Å²) in [6.07, 6.45) is 1.63. The van der Waals surface area contributed by atoms with Crippen LogP contribution in [-0.4, -0.2) is 28.4 Å². The van der Waals surface area contributed by atoms with Crippen molar-refractivity contribution in [3.8, 4) is 5.75 Å². The molecular formula is C20H22N2O4. The first-order chi connectivity index (χ1) is 12.7. The minimum atomic E-state index is -0.434. The van der Waals surface area contributed by atoms with Gasteiger partial charge in [0.15, 0.2) is 0 Å². The number of nitrogens with one attached hydrogen (secondary N) is 1. The zero-order chi connectivity index (χ0) is 18.5. The highest BCUT2D eigenvalue weighted by Crippen LogP contribution is 2.27. The molecule has 0 aliphatic heterocycles. The fourth-order valence-corrected chi connectivity index (χ4v) is 3.14. The number of fused-ring (bicyclic) bond motifs is 1. The Morgan fingerprint density at radius 1 is 1.08 bits per heavy atom. The molecule has 0 unspecified atom stereocenters. The van der Waals surface area contributed by atoms with Crippen LogP contribution in [0.1, 0.15) is 24.0 Å². The van der Waals surface area contributed by atoms with Crippen LogP contribution in [0, 0.1) is 0 Å². The first kappa shape index (κ1) is 17.9. The van der Waals surface area contributed by atoms with E-state index >= 15 is 0 Å². The lowest BCUT2D eigenvalue weighted by molar-refractivity contribution is 0.280. The van der Waals surface area contributed by atoms with Gasteiger partial charge in [0.05, 0.1) is 18.0 Å². The summed E-state index contributed by atoms with van der Waals surface area (Å²) < 4.78 is 6.68. The summed E-state index contributed by atoms with van der Waals surface area (Å²) in [4.78, 5) is 28.1. The Bertz CT molecular complexity index is 1010. The fourth-order valence-electron chi connectivity index (χ4n) is 3.14. The number of hydrogen-bond acceptors (Lipinski definition) is 4. The predicted octanol–water partition coefficient (Wildman–Crippen LogP) is 2.06. The van der Waals surface area contributed by atoms with Gasteiger partial charge < -0.3 is 14.8 Å². The Morgan fingerprint density at radius 2 is 1.85 bits per heavy atom. The van der Waals surface area contributed by atoms with Gasteiger partial charge in [-0.1, -0.05) is 30.3 Å². The summed E-state index contributed by atoms with van der Waals surface area (Å²) in [5, 5.41) is 9.41. The van der Waals surface area contributed by atoms with Crippen LogP contribution < -0.4 is 16.0 Å². The molecule has 0 saturated heterocycles. The number of ether oxygens (including phenoxy) is 1. The van der Waals surface area contributed by atoms with Crippen molar-refractivity contribution >= 4 is 10.9 Å².